The van der Waals surface area contributed by atoms with Crippen LogP contribution in [-0.4, -0.2) is 12.1 Å². The first kappa shape index (κ1) is 24.3. The van der Waals surface area contributed by atoms with E-state index in [0.29, 0.717) is 6.47 Å². The summed E-state index contributed by atoms with van der Waals surface area (Å²) >= 11 is 0. The molecular formula is C29H46O2. The lowest BCUT2D eigenvalue weighted by molar-refractivity contribution is -0.135. The highest BCUT2D eigenvalue weighted by Crippen LogP contribution is 2.49. The van der Waals surface area contributed by atoms with Gasteiger partial charge in [-0.2, -0.15) is 0 Å². The summed E-state index contributed by atoms with van der Waals surface area (Å²) in [5, 5.41) is 0. The fourth-order valence-corrected chi connectivity index (χ4v) is 5.18. The van der Waals surface area contributed by atoms with Gasteiger partial charge in [0.05, 0.1) is 0 Å². The van der Waals surface area contributed by atoms with Crippen molar-refractivity contribution in [3.05, 3.63) is 33.9 Å². The SMILES string of the molecule is Cc1c(CCCCCCC2(C)CC2)cc(CCCCCCC2(OC=O)CC2)c(C)c1C. The largest absolute Gasteiger partial charge is 0.461 e. The summed E-state index contributed by atoms with van der Waals surface area (Å²) in [6.45, 7) is 10.0. The van der Waals surface area contributed by atoms with Gasteiger partial charge in [-0.3, -0.25) is 4.79 Å². The van der Waals surface area contributed by atoms with Crippen molar-refractivity contribution in [1.29, 1.82) is 0 Å². The van der Waals surface area contributed by atoms with Gasteiger partial charge in [-0.05, 0) is 125 Å². The van der Waals surface area contributed by atoms with Crippen LogP contribution in [0.1, 0.15) is 125 Å². The van der Waals surface area contributed by atoms with E-state index in [1.807, 2.05) is 0 Å². The second kappa shape index (κ2) is 11.0. The van der Waals surface area contributed by atoms with E-state index in [1.54, 1.807) is 11.1 Å². The summed E-state index contributed by atoms with van der Waals surface area (Å²) in [7, 11) is 0. The van der Waals surface area contributed by atoms with Crippen molar-refractivity contribution < 1.29 is 9.53 Å². The molecule has 2 aliphatic rings. The molecule has 1 aromatic rings. The number of ether oxygens (including phenoxy) is 1. The van der Waals surface area contributed by atoms with Crippen molar-refractivity contribution in [2.75, 3.05) is 0 Å². The van der Waals surface area contributed by atoms with Gasteiger partial charge in [0.15, 0.2) is 0 Å². The van der Waals surface area contributed by atoms with Crippen LogP contribution < -0.4 is 0 Å². The Labute approximate surface area is 191 Å². The van der Waals surface area contributed by atoms with Gasteiger partial charge < -0.3 is 4.74 Å². The average molecular weight is 427 g/mol. The molecule has 0 heterocycles. The Morgan fingerprint density at radius 1 is 0.742 bits per heavy atom. The van der Waals surface area contributed by atoms with Crippen LogP contribution in [0.5, 0.6) is 0 Å². The summed E-state index contributed by atoms with van der Waals surface area (Å²) in [6.07, 6.45) is 20.5. The van der Waals surface area contributed by atoms with Crippen molar-refractivity contribution in [1.82, 2.24) is 0 Å². The molecule has 2 nitrogen and oxygen atoms in total. The minimum absolute atomic E-state index is 0.0723. The zero-order valence-electron chi connectivity index (χ0n) is 20.8. The molecule has 0 atom stereocenters. The standard InChI is InChI=1S/C29H46O2/c1-23-24(2)26(13-9-5-7-11-15-28(4)17-18-28)21-27(25(23)3)14-10-6-8-12-16-29(19-20-29)31-22-30/h21-22H,5-20H2,1-4H3. The Morgan fingerprint density at radius 3 is 1.74 bits per heavy atom. The van der Waals surface area contributed by atoms with Gasteiger partial charge in [-0.15, -0.1) is 0 Å². The third-order valence-electron chi connectivity index (χ3n) is 8.45. The van der Waals surface area contributed by atoms with Gasteiger partial charge in [0.2, 0.25) is 0 Å². The molecular weight excluding hydrogens is 380 g/mol. The number of hydrogen-bond donors (Lipinski definition) is 0. The van der Waals surface area contributed by atoms with E-state index >= 15 is 0 Å². The van der Waals surface area contributed by atoms with Crippen LogP contribution >= 0.6 is 0 Å². The number of carbonyl (C=O) groups excluding carboxylic acids is 1. The van der Waals surface area contributed by atoms with Crippen molar-refractivity contribution in [2.45, 2.75) is 136 Å². The van der Waals surface area contributed by atoms with Gasteiger partial charge in [0.1, 0.15) is 5.60 Å². The van der Waals surface area contributed by atoms with Crippen LogP contribution in [-0.2, 0) is 22.4 Å². The maximum absolute atomic E-state index is 10.6. The molecule has 0 saturated heterocycles. The van der Waals surface area contributed by atoms with Gasteiger partial charge in [-0.25, -0.2) is 0 Å². The molecule has 0 aromatic heterocycles. The van der Waals surface area contributed by atoms with Gasteiger partial charge >= 0.3 is 0 Å². The molecule has 3 rings (SSSR count). The summed E-state index contributed by atoms with van der Waals surface area (Å²) in [5.41, 5.74) is 8.36. The molecule has 0 amide bonds. The van der Waals surface area contributed by atoms with E-state index in [0.717, 1.165) is 24.7 Å². The molecule has 1 aromatic carbocycles. The molecule has 0 radical (unpaired) electrons. The lowest BCUT2D eigenvalue weighted by Gasteiger charge is -2.17. The first-order valence-corrected chi connectivity index (χ1v) is 13.1. The summed E-state index contributed by atoms with van der Waals surface area (Å²) < 4.78 is 5.26. The maximum Gasteiger partial charge on any atom is 0.293 e. The number of benzene rings is 1. The topological polar surface area (TPSA) is 26.3 Å². The van der Waals surface area contributed by atoms with Crippen molar-refractivity contribution in [3.8, 4) is 0 Å². The second-order valence-corrected chi connectivity index (χ2v) is 11.1. The van der Waals surface area contributed by atoms with Crippen LogP contribution in [0.4, 0.5) is 0 Å². The second-order valence-electron chi connectivity index (χ2n) is 11.1. The number of hydrogen-bond acceptors (Lipinski definition) is 2. The van der Waals surface area contributed by atoms with Gasteiger partial charge in [-0.1, -0.05) is 45.1 Å². The maximum atomic E-state index is 10.6. The zero-order valence-corrected chi connectivity index (χ0v) is 20.8. The number of unbranched alkanes of at least 4 members (excludes halogenated alkanes) is 6. The van der Waals surface area contributed by atoms with Crippen LogP contribution in [0, 0.1) is 26.2 Å². The first-order valence-electron chi connectivity index (χ1n) is 13.1. The van der Waals surface area contributed by atoms with Gasteiger partial charge in [0, 0.05) is 0 Å². The molecule has 0 spiro atoms. The van der Waals surface area contributed by atoms with Crippen LogP contribution in [0.3, 0.4) is 0 Å². The Hall–Kier alpha value is -1.31. The lowest BCUT2D eigenvalue weighted by Crippen LogP contribution is -2.12. The molecule has 174 valence electrons. The van der Waals surface area contributed by atoms with Crippen molar-refractivity contribution in [3.63, 3.8) is 0 Å². The molecule has 0 aliphatic heterocycles. The summed E-state index contributed by atoms with van der Waals surface area (Å²) in [4.78, 5) is 10.6. The monoisotopic (exact) mass is 426 g/mol. The third kappa shape index (κ3) is 7.36. The van der Waals surface area contributed by atoms with E-state index in [-0.39, 0.29) is 5.60 Å². The van der Waals surface area contributed by atoms with E-state index in [9.17, 15) is 4.79 Å². The van der Waals surface area contributed by atoms with Gasteiger partial charge in [0.25, 0.3) is 6.47 Å². The Morgan fingerprint density at radius 2 is 1.26 bits per heavy atom. The highest BCUT2D eigenvalue weighted by atomic mass is 16.5. The zero-order chi connectivity index (χ0) is 22.3. The Balaban J connectivity index is 1.37. The highest BCUT2D eigenvalue weighted by molar-refractivity contribution is 5.44. The minimum Gasteiger partial charge on any atom is -0.461 e. The molecule has 31 heavy (non-hydrogen) atoms. The van der Waals surface area contributed by atoms with E-state index in [2.05, 4.69) is 33.8 Å². The molecule has 2 aliphatic carbocycles. The number of aryl methyl sites for hydroxylation is 2. The Kier molecular flexibility index (Phi) is 8.65. The molecule has 0 N–H and O–H groups in total. The van der Waals surface area contributed by atoms with Crippen LogP contribution in [0.25, 0.3) is 0 Å². The molecule has 0 unspecified atom stereocenters. The first-order chi connectivity index (χ1) is 14.9. The Bertz CT molecular complexity index is 725. The molecule has 2 heteroatoms. The number of rotatable bonds is 16. The fraction of sp³-hybridized carbons (Fsp3) is 0.759. The minimum atomic E-state index is -0.0723. The summed E-state index contributed by atoms with van der Waals surface area (Å²) in [5.74, 6) is 0. The quantitative estimate of drug-likeness (QED) is 0.197. The predicted molar refractivity (Wildman–Crippen MR) is 131 cm³/mol. The smallest absolute Gasteiger partial charge is 0.293 e. The van der Waals surface area contributed by atoms with Crippen molar-refractivity contribution >= 4 is 6.47 Å². The predicted octanol–water partition coefficient (Wildman–Crippen LogP) is 8.10. The number of carbonyl (C=O) groups is 1. The lowest BCUT2D eigenvalue weighted by atomic mass is 9.89. The fourth-order valence-electron chi connectivity index (χ4n) is 5.18. The molecule has 2 saturated carbocycles. The molecule has 2 fully saturated rings. The average Bonchev–Trinajstić information content (AvgIpc) is 3.67. The summed E-state index contributed by atoms with van der Waals surface area (Å²) in [6, 6.07) is 2.53. The third-order valence-corrected chi connectivity index (χ3v) is 8.45. The van der Waals surface area contributed by atoms with Crippen LogP contribution in [0.2, 0.25) is 0 Å². The van der Waals surface area contributed by atoms with Crippen LogP contribution in [0.15, 0.2) is 6.07 Å². The highest BCUT2D eigenvalue weighted by Gasteiger charge is 2.44. The van der Waals surface area contributed by atoms with E-state index < -0.39 is 0 Å². The molecule has 0 bridgehead atoms. The van der Waals surface area contributed by atoms with E-state index in [1.165, 1.54) is 100 Å². The van der Waals surface area contributed by atoms with Crippen molar-refractivity contribution in [2.24, 2.45) is 5.41 Å². The van der Waals surface area contributed by atoms with E-state index in [4.69, 9.17) is 4.74 Å². The normalized spacial score (nSPS) is 18.1.